The minimum absolute atomic E-state index is 0.119. The summed E-state index contributed by atoms with van der Waals surface area (Å²) in [6.07, 6.45) is 7.19. The lowest BCUT2D eigenvalue weighted by molar-refractivity contribution is 0.0922. The van der Waals surface area contributed by atoms with Gasteiger partial charge in [-0.05, 0) is 31.9 Å². The van der Waals surface area contributed by atoms with Crippen molar-refractivity contribution in [1.29, 1.82) is 0 Å². The summed E-state index contributed by atoms with van der Waals surface area (Å²) in [6.45, 7) is 2.04. The van der Waals surface area contributed by atoms with E-state index in [0.29, 0.717) is 11.5 Å². The number of amides is 1. The Bertz CT molecular complexity index is 663. The highest BCUT2D eigenvalue weighted by Gasteiger charge is 2.17. The van der Waals surface area contributed by atoms with Crippen molar-refractivity contribution in [2.45, 2.75) is 45.1 Å². The molecule has 120 valence electrons. The van der Waals surface area contributed by atoms with Crippen LogP contribution in [-0.4, -0.2) is 21.9 Å². The maximum Gasteiger partial charge on any atom is 0.270 e. The Morgan fingerprint density at radius 2 is 1.83 bits per heavy atom. The Kier molecular flexibility index (Phi) is 4.86. The Labute approximate surface area is 136 Å². The molecule has 1 saturated carbocycles. The SMILES string of the molecule is Cc1ccc(Nc2cc(C(=O)NC3CCCCC3)ncn2)cc1. The molecule has 5 nitrogen and oxygen atoms in total. The number of hydrogen-bond acceptors (Lipinski definition) is 4. The Balaban J connectivity index is 1.66. The van der Waals surface area contributed by atoms with Gasteiger partial charge in [0.1, 0.15) is 17.8 Å². The molecule has 2 aromatic rings. The largest absolute Gasteiger partial charge is 0.348 e. The number of carbonyl (C=O) groups excluding carboxylic acids is 1. The van der Waals surface area contributed by atoms with Gasteiger partial charge in [-0.1, -0.05) is 37.0 Å². The zero-order valence-electron chi connectivity index (χ0n) is 13.4. The molecule has 1 amide bonds. The first-order valence-corrected chi connectivity index (χ1v) is 8.17. The van der Waals surface area contributed by atoms with Crippen molar-refractivity contribution >= 4 is 17.4 Å². The molecule has 5 heteroatoms. The smallest absolute Gasteiger partial charge is 0.270 e. The highest BCUT2D eigenvalue weighted by atomic mass is 16.1. The maximum absolute atomic E-state index is 12.3. The van der Waals surface area contributed by atoms with E-state index in [-0.39, 0.29) is 11.9 Å². The molecule has 3 rings (SSSR count). The van der Waals surface area contributed by atoms with Crippen LogP contribution in [0.5, 0.6) is 0 Å². The number of nitrogens with one attached hydrogen (secondary N) is 2. The number of benzene rings is 1. The third kappa shape index (κ3) is 4.28. The van der Waals surface area contributed by atoms with Gasteiger partial charge in [-0.25, -0.2) is 9.97 Å². The summed E-state index contributed by atoms with van der Waals surface area (Å²) in [5, 5.41) is 6.28. The molecule has 2 N–H and O–H groups in total. The van der Waals surface area contributed by atoms with E-state index in [2.05, 4.69) is 20.6 Å². The molecule has 0 atom stereocenters. The number of anilines is 2. The molecule has 1 fully saturated rings. The molecule has 0 aliphatic heterocycles. The molecule has 0 bridgehead atoms. The summed E-state index contributed by atoms with van der Waals surface area (Å²) in [6, 6.07) is 10.00. The molecular formula is C18H22N4O. The van der Waals surface area contributed by atoms with Gasteiger partial charge in [0.05, 0.1) is 0 Å². The second-order valence-electron chi connectivity index (χ2n) is 6.09. The van der Waals surface area contributed by atoms with E-state index in [0.717, 1.165) is 18.5 Å². The summed E-state index contributed by atoms with van der Waals surface area (Å²) in [7, 11) is 0. The second-order valence-corrected chi connectivity index (χ2v) is 6.09. The van der Waals surface area contributed by atoms with Gasteiger partial charge >= 0.3 is 0 Å². The molecule has 0 unspecified atom stereocenters. The van der Waals surface area contributed by atoms with Crippen LogP contribution in [0.1, 0.15) is 48.2 Å². The fourth-order valence-electron chi connectivity index (χ4n) is 2.84. The highest BCUT2D eigenvalue weighted by molar-refractivity contribution is 5.93. The van der Waals surface area contributed by atoms with E-state index in [1.165, 1.54) is 31.2 Å². The first kappa shape index (κ1) is 15.5. The van der Waals surface area contributed by atoms with Gasteiger partial charge in [-0.15, -0.1) is 0 Å². The molecule has 1 aliphatic rings. The summed E-state index contributed by atoms with van der Waals surface area (Å²) >= 11 is 0. The number of carbonyl (C=O) groups is 1. The number of aryl methyl sites for hydroxylation is 1. The summed E-state index contributed by atoms with van der Waals surface area (Å²) in [5.74, 6) is 0.504. The van der Waals surface area contributed by atoms with Crippen molar-refractivity contribution in [1.82, 2.24) is 15.3 Å². The van der Waals surface area contributed by atoms with Crippen molar-refractivity contribution < 1.29 is 4.79 Å². The fourth-order valence-corrected chi connectivity index (χ4v) is 2.84. The Hall–Kier alpha value is -2.43. The van der Waals surface area contributed by atoms with Gasteiger partial charge in [-0.3, -0.25) is 4.79 Å². The van der Waals surface area contributed by atoms with Crippen molar-refractivity contribution in [3.05, 3.63) is 47.9 Å². The van der Waals surface area contributed by atoms with Crippen molar-refractivity contribution in [2.75, 3.05) is 5.32 Å². The zero-order valence-corrected chi connectivity index (χ0v) is 13.4. The summed E-state index contributed by atoms with van der Waals surface area (Å²) < 4.78 is 0. The van der Waals surface area contributed by atoms with Gasteiger partial charge in [0.15, 0.2) is 0 Å². The van der Waals surface area contributed by atoms with Crippen LogP contribution in [0.15, 0.2) is 36.7 Å². The predicted molar refractivity (Wildman–Crippen MR) is 90.8 cm³/mol. The number of aromatic nitrogens is 2. The minimum atomic E-state index is -0.119. The number of rotatable bonds is 4. The molecule has 0 spiro atoms. The monoisotopic (exact) mass is 310 g/mol. The first-order valence-electron chi connectivity index (χ1n) is 8.17. The first-order chi connectivity index (χ1) is 11.2. The third-order valence-corrected chi connectivity index (χ3v) is 4.16. The van der Waals surface area contributed by atoms with Crippen LogP contribution in [-0.2, 0) is 0 Å². The van der Waals surface area contributed by atoms with E-state index in [9.17, 15) is 4.79 Å². The van der Waals surface area contributed by atoms with E-state index >= 15 is 0 Å². The summed E-state index contributed by atoms with van der Waals surface area (Å²) in [5.41, 5.74) is 2.54. The van der Waals surface area contributed by atoms with Crippen molar-refractivity contribution in [3.8, 4) is 0 Å². The van der Waals surface area contributed by atoms with Crippen molar-refractivity contribution in [2.24, 2.45) is 0 Å². The molecule has 1 heterocycles. The molecule has 0 saturated heterocycles. The van der Waals surface area contributed by atoms with Gasteiger partial charge in [-0.2, -0.15) is 0 Å². The van der Waals surface area contributed by atoms with Crippen LogP contribution in [0.25, 0.3) is 0 Å². The van der Waals surface area contributed by atoms with Crippen LogP contribution >= 0.6 is 0 Å². The molecule has 1 aliphatic carbocycles. The molecule has 23 heavy (non-hydrogen) atoms. The topological polar surface area (TPSA) is 66.9 Å². The zero-order chi connectivity index (χ0) is 16.1. The summed E-state index contributed by atoms with van der Waals surface area (Å²) in [4.78, 5) is 20.6. The van der Waals surface area contributed by atoms with Gasteiger partial charge in [0.25, 0.3) is 5.91 Å². The fraction of sp³-hybridized carbons (Fsp3) is 0.389. The average molecular weight is 310 g/mol. The highest BCUT2D eigenvalue weighted by Crippen LogP contribution is 2.18. The maximum atomic E-state index is 12.3. The van der Waals surface area contributed by atoms with E-state index in [4.69, 9.17) is 0 Å². The lowest BCUT2D eigenvalue weighted by Crippen LogP contribution is -2.36. The molecular weight excluding hydrogens is 288 g/mol. The lowest BCUT2D eigenvalue weighted by atomic mass is 9.95. The predicted octanol–water partition coefficient (Wildman–Crippen LogP) is 3.59. The Morgan fingerprint density at radius 1 is 1.09 bits per heavy atom. The molecule has 0 radical (unpaired) electrons. The van der Waals surface area contributed by atoms with Gasteiger partial charge in [0, 0.05) is 17.8 Å². The van der Waals surface area contributed by atoms with Crippen LogP contribution in [0.3, 0.4) is 0 Å². The minimum Gasteiger partial charge on any atom is -0.348 e. The van der Waals surface area contributed by atoms with Gasteiger partial charge < -0.3 is 10.6 Å². The van der Waals surface area contributed by atoms with Crippen molar-refractivity contribution in [3.63, 3.8) is 0 Å². The standard InChI is InChI=1S/C18H22N4O/c1-13-7-9-15(10-8-13)21-17-11-16(19-12-20-17)18(23)22-14-5-3-2-4-6-14/h7-12,14H,2-6H2,1H3,(H,22,23)(H,19,20,21). The third-order valence-electron chi connectivity index (χ3n) is 4.16. The Morgan fingerprint density at radius 3 is 2.57 bits per heavy atom. The number of hydrogen-bond donors (Lipinski definition) is 2. The van der Waals surface area contributed by atoms with E-state index < -0.39 is 0 Å². The second kappa shape index (κ2) is 7.22. The van der Waals surface area contributed by atoms with E-state index in [1.807, 2.05) is 31.2 Å². The van der Waals surface area contributed by atoms with Crippen LogP contribution in [0, 0.1) is 6.92 Å². The quantitative estimate of drug-likeness (QED) is 0.905. The normalized spacial score (nSPS) is 15.2. The van der Waals surface area contributed by atoms with Gasteiger partial charge in [0.2, 0.25) is 0 Å². The van der Waals surface area contributed by atoms with Crippen LogP contribution < -0.4 is 10.6 Å². The van der Waals surface area contributed by atoms with E-state index in [1.54, 1.807) is 6.07 Å². The molecule has 1 aromatic heterocycles. The van der Waals surface area contributed by atoms with Crippen LogP contribution in [0.2, 0.25) is 0 Å². The number of nitrogens with zero attached hydrogens (tertiary/aromatic N) is 2. The lowest BCUT2D eigenvalue weighted by Gasteiger charge is -2.22. The average Bonchev–Trinajstić information content (AvgIpc) is 2.58. The van der Waals surface area contributed by atoms with Crippen LogP contribution in [0.4, 0.5) is 11.5 Å². The molecule has 1 aromatic carbocycles.